The maximum Gasteiger partial charge on any atom is 0.324 e. The van der Waals surface area contributed by atoms with E-state index in [-0.39, 0.29) is 23.3 Å². The smallest absolute Gasteiger partial charge is 0.324 e. The molecule has 0 radical (unpaired) electrons. The number of piperidine rings is 1. The molecular weight excluding hydrogens is 290 g/mol. The van der Waals surface area contributed by atoms with Gasteiger partial charge in [0, 0.05) is 12.6 Å². The van der Waals surface area contributed by atoms with E-state index in [1.165, 1.54) is 12.1 Å². The standard InChI is InChI=1S/C11H15N3O3S.ClH/c15-11(9-3-4-10(18-9)14(16)17)13-7-8-2-1-5-12-6-8;/h3-4,8,12H,1-2,5-7H2,(H,13,15);1H. The van der Waals surface area contributed by atoms with Crippen molar-refractivity contribution in [1.29, 1.82) is 0 Å². The van der Waals surface area contributed by atoms with Gasteiger partial charge in [-0.1, -0.05) is 11.3 Å². The van der Waals surface area contributed by atoms with Gasteiger partial charge in [-0.15, -0.1) is 12.4 Å². The van der Waals surface area contributed by atoms with Crippen LogP contribution in [0.5, 0.6) is 0 Å². The predicted octanol–water partition coefficient (Wildman–Crippen LogP) is 1.81. The summed E-state index contributed by atoms with van der Waals surface area (Å²) in [4.78, 5) is 22.2. The number of carbonyl (C=O) groups is 1. The van der Waals surface area contributed by atoms with E-state index >= 15 is 0 Å². The molecular formula is C11H16ClN3O3S. The summed E-state index contributed by atoms with van der Waals surface area (Å²) in [6.45, 7) is 2.59. The van der Waals surface area contributed by atoms with Crippen LogP contribution >= 0.6 is 23.7 Å². The molecule has 1 amide bonds. The lowest BCUT2D eigenvalue weighted by Crippen LogP contribution is -2.37. The van der Waals surface area contributed by atoms with Crippen molar-refractivity contribution in [3.8, 4) is 0 Å². The lowest BCUT2D eigenvalue weighted by molar-refractivity contribution is -0.380. The molecule has 1 aromatic rings. The maximum absolute atomic E-state index is 11.8. The molecule has 19 heavy (non-hydrogen) atoms. The van der Waals surface area contributed by atoms with E-state index in [0.717, 1.165) is 37.3 Å². The average molecular weight is 306 g/mol. The highest BCUT2D eigenvalue weighted by atomic mass is 35.5. The van der Waals surface area contributed by atoms with E-state index in [4.69, 9.17) is 0 Å². The van der Waals surface area contributed by atoms with Crippen LogP contribution in [0.1, 0.15) is 22.5 Å². The van der Waals surface area contributed by atoms with Crippen LogP contribution in [-0.4, -0.2) is 30.5 Å². The third-order valence-electron chi connectivity index (χ3n) is 2.95. The second-order valence-corrected chi connectivity index (χ2v) is 5.38. The van der Waals surface area contributed by atoms with Gasteiger partial charge in [-0.3, -0.25) is 14.9 Å². The maximum atomic E-state index is 11.8. The van der Waals surface area contributed by atoms with Crippen molar-refractivity contribution < 1.29 is 9.72 Å². The molecule has 2 heterocycles. The number of hydrogen-bond acceptors (Lipinski definition) is 5. The monoisotopic (exact) mass is 305 g/mol. The van der Waals surface area contributed by atoms with E-state index in [2.05, 4.69) is 10.6 Å². The Morgan fingerprint density at radius 3 is 2.95 bits per heavy atom. The van der Waals surface area contributed by atoms with Crippen LogP contribution in [0, 0.1) is 16.0 Å². The van der Waals surface area contributed by atoms with Crippen molar-refractivity contribution >= 4 is 34.7 Å². The largest absolute Gasteiger partial charge is 0.351 e. The fourth-order valence-electron chi connectivity index (χ4n) is 1.97. The van der Waals surface area contributed by atoms with Crippen molar-refractivity contribution in [3.05, 3.63) is 27.1 Å². The molecule has 0 aromatic carbocycles. The normalized spacial score (nSPS) is 18.4. The second-order valence-electron chi connectivity index (χ2n) is 4.32. The van der Waals surface area contributed by atoms with Crippen LogP contribution < -0.4 is 10.6 Å². The fraction of sp³-hybridized carbons (Fsp3) is 0.545. The predicted molar refractivity (Wildman–Crippen MR) is 76.1 cm³/mol. The Labute approximate surface area is 121 Å². The zero-order chi connectivity index (χ0) is 13.0. The molecule has 2 rings (SSSR count). The molecule has 8 heteroatoms. The van der Waals surface area contributed by atoms with Crippen LogP contribution in [0.15, 0.2) is 12.1 Å². The molecule has 1 aromatic heterocycles. The molecule has 1 saturated heterocycles. The van der Waals surface area contributed by atoms with Gasteiger partial charge in [0.05, 0.1) is 9.80 Å². The van der Waals surface area contributed by atoms with Crippen molar-refractivity contribution in [2.45, 2.75) is 12.8 Å². The highest BCUT2D eigenvalue weighted by Gasteiger charge is 2.17. The number of amides is 1. The number of carbonyl (C=O) groups excluding carboxylic acids is 1. The first kappa shape index (κ1) is 15.9. The van der Waals surface area contributed by atoms with Crippen LogP contribution in [0.25, 0.3) is 0 Å². The molecule has 0 spiro atoms. The Hall–Kier alpha value is -1.18. The van der Waals surface area contributed by atoms with E-state index in [9.17, 15) is 14.9 Å². The highest BCUT2D eigenvalue weighted by molar-refractivity contribution is 7.17. The van der Waals surface area contributed by atoms with Gasteiger partial charge in [-0.2, -0.15) is 0 Å². The third kappa shape index (κ3) is 4.45. The molecule has 0 aliphatic carbocycles. The molecule has 0 bridgehead atoms. The van der Waals surface area contributed by atoms with Gasteiger partial charge in [-0.05, 0) is 37.9 Å². The first-order valence-corrected chi connectivity index (χ1v) is 6.71. The Bertz CT molecular complexity index is 446. The van der Waals surface area contributed by atoms with Gasteiger partial charge >= 0.3 is 5.00 Å². The third-order valence-corrected chi connectivity index (χ3v) is 3.98. The summed E-state index contributed by atoms with van der Waals surface area (Å²) in [5.41, 5.74) is 0. The number of nitro groups is 1. The summed E-state index contributed by atoms with van der Waals surface area (Å²) in [6, 6.07) is 2.86. The molecule has 1 fully saturated rings. The Balaban J connectivity index is 0.00000180. The molecule has 6 nitrogen and oxygen atoms in total. The van der Waals surface area contributed by atoms with E-state index in [1.54, 1.807) is 0 Å². The molecule has 1 unspecified atom stereocenters. The van der Waals surface area contributed by atoms with Gasteiger partial charge in [-0.25, -0.2) is 0 Å². The van der Waals surface area contributed by atoms with Gasteiger partial charge in [0.15, 0.2) is 0 Å². The van der Waals surface area contributed by atoms with E-state index in [0.29, 0.717) is 17.3 Å². The fourth-order valence-corrected chi connectivity index (χ4v) is 2.71. The Morgan fingerprint density at radius 2 is 2.37 bits per heavy atom. The van der Waals surface area contributed by atoms with Crippen LogP contribution in [0.2, 0.25) is 0 Å². The van der Waals surface area contributed by atoms with Crippen LogP contribution in [0.3, 0.4) is 0 Å². The summed E-state index contributed by atoms with van der Waals surface area (Å²) in [5.74, 6) is 0.233. The van der Waals surface area contributed by atoms with Crippen molar-refractivity contribution in [1.82, 2.24) is 10.6 Å². The van der Waals surface area contributed by atoms with Gasteiger partial charge in [0.2, 0.25) is 0 Å². The first-order chi connectivity index (χ1) is 8.66. The number of nitrogens with one attached hydrogen (secondary N) is 2. The molecule has 1 aliphatic heterocycles. The zero-order valence-electron chi connectivity index (χ0n) is 10.3. The lowest BCUT2D eigenvalue weighted by atomic mass is 10.00. The van der Waals surface area contributed by atoms with Crippen LogP contribution in [-0.2, 0) is 0 Å². The minimum Gasteiger partial charge on any atom is -0.351 e. The van der Waals surface area contributed by atoms with Gasteiger partial charge in [0.25, 0.3) is 5.91 Å². The number of hydrogen-bond donors (Lipinski definition) is 2. The lowest BCUT2D eigenvalue weighted by Gasteiger charge is -2.22. The summed E-state index contributed by atoms with van der Waals surface area (Å²) in [5, 5.41) is 16.6. The minimum absolute atomic E-state index is 0. The van der Waals surface area contributed by atoms with Gasteiger partial charge < -0.3 is 10.6 Å². The zero-order valence-corrected chi connectivity index (χ0v) is 11.9. The van der Waals surface area contributed by atoms with Crippen LogP contribution in [0.4, 0.5) is 5.00 Å². The van der Waals surface area contributed by atoms with Gasteiger partial charge in [0.1, 0.15) is 0 Å². The van der Waals surface area contributed by atoms with Crippen molar-refractivity contribution in [2.75, 3.05) is 19.6 Å². The quantitative estimate of drug-likeness (QED) is 0.656. The molecule has 2 N–H and O–H groups in total. The minimum atomic E-state index is -0.480. The number of thiophene rings is 1. The second kappa shape index (κ2) is 7.42. The summed E-state index contributed by atoms with van der Waals surface area (Å²) < 4.78 is 0. The molecule has 0 saturated carbocycles. The number of nitrogens with zero attached hydrogens (tertiary/aromatic N) is 1. The SMILES string of the molecule is Cl.O=C(NCC1CCCNC1)c1ccc([N+](=O)[O-])s1. The van der Waals surface area contributed by atoms with E-state index in [1.807, 2.05) is 0 Å². The summed E-state index contributed by atoms with van der Waals surface area (Å²) in [6.07, 6.45) is 2.24. The number of rotatable bonds is 4. The first-order valence-electron chi connectivity index (χ1n) is 5.90. The Kier molecular flexibility index (Phi) is 6.20. The topological polar surface area (TPSA) is 84.3 Å². The van der Waals surface area contributed by atoms with Crippen molar-refractivity contribution in [3.63, 3.8) is 0 Å². The molecule has 1 atom stereocenters. The molecule has 1 aliphatic rings. The van der Waals surface area contributed by atoms with E-state index < -0.39 is 4.92 Å². The summed E-state index contributed by atoms with van der Waals surface area (Å²) in [7, 11) is 0. The Morgan fingerprint density at radius 1 is 1.58 bits per heavy atom. The highest BCUT2D eigenvalue weighted by Crippen LogP contribution is 2.23. The number of halogens is 1. The molecule has 106 valence electrons. The summed E-state index contributed by atoms with van der Waals surface area (Å²) >= 11 is 0.909. The van der Waals surface area contributed by atoms with Crippen molar-refractivity contribution in [2.24, 2.45) is 5.92 Å². The average Bonchev–Trinajstić information content (AvgIpc) is 2.87.